The highest BCUT2D eigenvalue weighted by Crippen LogP contribution is 2.37. The molecule has 1 atom stereocenters. The molecule has 4 aliphatic heterocycles. The number of fused-ring (bicyclic) bond motifs is 5. The third-order valence-electron chi connectivity index (χ3n) is 11.2. The third kappa shape index (κ3) is 10.8. The predicted molar refractivity (Wildman–Crippen MR) is 240 cm³/mol. The lowest BCUT2D eigenvalue weighted by Gasteiger charge is -2.13. The van der Waals surface area contributed by atoms with Crippen molar-refractivity contribution in [2.24, 2.45) is 15.0 Å². The third-order valence-corrected chi connectivity index (χ3v) is 11.2. The van der Waals surface area contributed by atoms with Crippen LogP contribution in [-0.4, -0.2) is 60.6 Å². The number of carboxylic acid groups (broad SMARTS) is 2. The van der Waals surface area contributed by atoms with Gasteiger partial charge in [0.2, 0.25) is 0 Å². The van der Waals surface area contributed by atoms with E-state index >= 15 is 0 Å². The Hall–Kier alpha value is -5.87. The molecule has 0 aromatic carbocycles. The molecule has 0 fully saturated rings. The molecule has 4 aliphatic rings. The largest absolute Gasteiger partial charge is 0.515 e. The molecule has 0 saturated heterocycles. The van der Waals surface area contributed by atoms with Crippen LogP contribution in [0.25, 0.3) is 18.2 Å². The highest BCUT2D eigenvalue weighted by atomic mass is 16.4. The van der Waals surface area contributed by atoms with Crippen molar-refractivity contribution in [1.29, 1.82) is 0 Å². The summed E-state index contributed by atoms with van der Waals surface area (Å²) in [5, 5.41) is 43.2. The molecule has 10 heteroatoms. The Bertz CT molecular complexity index is 2440. The van der Waals surface area contributed by atoms with Gasteiger partial charge in [-0.05, 0) is 152 Å². The molecule has 0 unspecified atom stereocenters. The number of aliphatic carboxylic acids is 2. The number of carbonyl (C=O) groups is 2. The van der Waals surface area contributed by atoms with Crippen molar-refractivity contribution in [3.63, 3.8) is 0 Å². The molecule has 5 heterocycles. The summed E-state index contributed by atoms with van der Waals surface area (Å²) in [7, 11) is 0. The summed E-state index contributed by atoms with van der Waals surface area (Å²) in [4.78, 5) is 41.9. The van der Waals surface area contributed by atoms with Gasteiger partial charge < -0.3 is 25.4 Å². The van der Waals surface area contributed by atoms with E-state index in [0.717, 1.165) is 70.5 Å². The first kappa shape index (κ1) is 44.2. The summed E-state index contributed by atoms with van der Waals surface area (Å²) in [6.07, 6.45) is 21.3. The molecular formula is C49H58N4O6. The van der Waals surface area contributed by atoms with Gasteiger partial charge in [-0.15, -0.1) is 0 Å². The second kappa shape index (κ2) is 19.7. The van der Waals surface area contributed by atoms with Crippen LogP contribution in [-0.2, 0) is 9.59 Å². The minimum absolute atomic E-state index is 0.0833. The summed E-state index contributed by atoms with van der Waals surface area (Å²) < 4.78 is 0. The van der Waals surface area contributed by atoms with Gasteiger partial charge in [-0.1, -0.05) is 47.6 Å². The standard InChI is InChI=1S/C49H58N4O6/c1-9-34-31(6)39-25-45-49(46(55)18-12-17-30(5)16-11-15-29(4)14-10-13-28(2)3)33(8)40(52-45)24-44-37(27-54)36(20-22-48(58)59)43(53-44)26-42-35(19-21-47(56)57)32(7)38(51-42)23-41(34)50-39/h9,13,15,17,23-27,46,50,54-55H,1,10-12,14,16,18-22H2,2-8H3,(H,56,57)(H,58,59)/b29-15+,30-17+,37-27?,39-25?,40-24?,41-23?,42-26?/t46-/m0/s1. The molecule has 0 amide bonds. The van der Waals surface area contributed by atoms with E-state index in [2.05, 4.69) is 57.5 Å². The number of allylic oxidation sites excluding steroid dienone is 13. The summed E-state index contributed by atoms with van der Waals surface area (Å²) in [6, 6.07) is 0. The zero-order chi connectivity index (χ0) is 43.0. The fourth-order valence-corrected chi connectivity index (χ4v) is 7.81. The lowest BCUT2D eigenvalue weighted by molar-refractivity contribution is -0.137. The molecule has 0 saturated carbocycles. The molecule has 59 heavy (non-hydrogen) atoms. The van der Waals surface area contributed by atoms with Crippen molar-refractivity contribution in [2.45, 2.75) is 119 Å². The summed E-state index contributed by atoms with van der Waals surface area (Å²) in [5.74, 6) is -1.94. The van der Waals surface area contributed by atoms with E-state index < -0.39 is 18.0 Å². The molecule has 0 spiro atoms. The Morgan fingerprint density at radius 3 is 1.97 bits per heavy atom. The number of carboxylic acids is 2. The smallest absolute Gasteiger partial charge is 0.303 e. The number of nitrogens with one attached hydrogen (secondary N) is 1. The van der Waals surface area contributed by atoms with Crippen molar-refractivity contribution in [2.75, 3.05) is 0 Å². The average Bonchev–Trinajstić information content (AvgIpc) is 3.85. The van der Waals surface area contributed by atoms with Crippen LogP contribution in [0.3, 0.4) is 0 Å². The number of aliphatic imine (C=N–C) groups is 3. The van der Waals surface area contributed by atoms with Crippen molar-refractivity contribution >= 4 is 47.3 Å². The fraction of sp³-hybridized carbons (Fsp3) is 0.367. The van der Waals surface area contributed by atoms with E-state index in [9.17, 15) is 30.0 Å². The number of aromatic amines is 1. The number of hydrogen-bond acceptors (Lipinski definition) is 7. The van der Waals surface area contributed by atoms with Crippen molar-refractivity contribution in [3.8, 4) is 0 Å². The van der Waals surface area contributed by atoms with Gasteiger partial charge in [0.25, 0.3) is 0 Å². The maximum Gasteiger partial charge on any atom is 0.303 e. The molecule has 10 nitrogen and oxygen atoms in total. The van der Waals surface area contributed by atoms with Gasteiger partial charge in [-0.2, -0.15) is 0 Å². The first-order valence-electron chi connectivity index (χ1n) is 20.4. The number of rotatable bonds is 17. The minimum Gasteiger partial charge on any atom is -0.515 e. The van der Waals surface area contributed by atoms with Crippen LogP contribution in [0.5, 0.6) is 0 Å². The molecule has 8 bridgehead atoms. The van der Waals surface area contributed by atoms with E-state index in [4.69, 9.17) is 15.0 Å². The van der Waals surface area contributed by atoms with Crippen LogP contribution in [0.4, 0.5) is 0 Å². The molecular weight excluding hydrogens is 741 g/mol. The first-order chi connectivity index (χ1) is 28.1. The van der Waals surface area contributed by atoms with Crippen LogP contribution in [0.1, 0.15) is 117 Å². The molecule has 5 rings (SSSR count). The topological polar surface area (TPSA) is 168 Å². The van der Waals surface area contributed by atoms with Gasteiger partial charge in [-0.25, -0.2) is 15.0 Å². The second-order valence-corrected chi connectivity index (χ2v) is 15.9. The van der Waals surface area contributed by atoms with Crippen molar-refractivity contribution < 1.29 is 30.0 Å². The zero-order valence-corrected chi connectivity index (χ0v) is 35.5. The van der Waals surface area contributed by atoms with E-state index in [1.807, 2.05) is 32.9 Å². The van der Waals surface area contributed by atoms with Crippen molar-refractivity contribution in [1.82, 2.24) is 4.98 Å². The maximum atomic E-state index is 11.9. The molecule has 0 radical (unpaired) electrons. The Morgan fingerprint density at radius 2 is 1.34 bits per heavy atom. The summed E-state index contributed by atoms with van der Waals surface area (Å²) in [5.41, 5.74) is 12.8. The molecule has 1 aromatic heterocycles. The Balaban J connectivity index is 1.58. The number of hydrogen-bond donors (Lipinski definition) is 5. The Labute approximate surface area is 347 Å². The van der Waals surface area contributed by atoms with Gasteiger partial charge in [0, 0.05) is 40.2 Å². The van der Waals surface area contributed by atoms with Gasteiger partial charge >= 0.3 is 11.9 Å². The lowest BCUT2D eigenvalue weighted by Crippen LogP contribution is -2.20. The highest BCUT2D eigenvalue weighted by Gasteiger charge is 2.30. The summed E-state index contributed by atoms with van der Waals surface area (Å²) in [6.45, 7) is 18.5. The van der Waals surface area contributed by atoms with Crippen LogP contribution >= 0.6 is 0 Å². The highest BCUT2D eigenvalue weighted by molar-refractivity contribution is 6.25. The molecule has 0 aliphatic carbocycles. The zero-order valence-electron chi connectivity index (χ0n) is 35.5. The van der Waals surface area contributed by atoms with Gasteiger partial charge in [0.1, 0.15) is 0 Å². The lowest BCUT2D eigenvalue weighted by atomic mass is 9.94. The van der Waals surface area contributed by atoms with E-state index in [0.29, 0.717) is 63.8 Å². The Kier molecular flexibility index (Phi) is 14.8. The quantitative estimate of drug-likeness (QED) is 0.0778. The van der Waals surface area contributed by atoms with E-state index in [1.54, 1.807) is 18.2 Å². The predicted octanol–water partition coefficient (Wildman–Crippen LogP) is 9.29. The Morgan fingerprint density at radius 1 is 0.729 bits per heavy atom. The fourth-order valence-electron chi connectivity index (χ4n) is 7.81. The monoisotopic (exact) mass is 798 g/mol. The van der Waals surface area contributed by atoms with Crippen molar-refractivity contribution in [3.05, 3.63) is 132 Å². The number of nitrogens with zero attached hydrogens (tertiary/aromatic N) is 3. The number of aromatic nitrogens is 1. The van der Waals surface area contributed by atoms with Gasteiger partial charge in [0.05, 0.1) is 46.6 Å². The second-order valence-electron chi connectivity index (χ2n) is 15.9. The molecule has 5 N–H and O–H groups in total. The van der Waals surface area contributed by atoms with Crippen LogP contribution in [0.2, 0.25) is 0 Å². The number of H-pyrrole nitrogens is 1. The SMILES string of the molecule is C=Cc1c(C)c2[nH]c1=CC1=NC(=CC3=C(CCC(=O)O)C(=CO)C(=N3)C=C3N=C(C=2)C([C@@H](O)CC/C=C(\C)CC/C=C(\C)CCC=C(C)C)=C3C)C(CCC(=O)O)=C1C. The van der Waals surface area contributed by atoms with Crippen LogP contribution in [0.15, 0.2) is 125 Å². The number of aliphatic hydroxyl groups excluding tert-OH is 2. The normalized spacial score (nSPS) is 18.0. The van der Waals surface area contributed by atoms with Crippen LogP contribution < -0.4 is 10.7 Å². The van der Waals surface area contributed by atoms with Gasteiger partial charge in [0.15, 0.2) is 0 Å². The molecule has 1 aromatic rings. The van der Waals surface area contributed by atoms with Gasteiger partial charge in [-0.3, -0.25) is 9.59 Å². The number of aliphatic hydroxyl groups is 2. The molecule has 310 valence electrons. The average molecular weight is 799 g/mol. The van der Waals surface area contributed by atoms with Crippen LogP contribution in [0, 0.1) is 6.92 Å². The first-order valence-corrected chi connectivity index (χ1v) is 20.4. The van der Waals surface area contributed by atoms with E-state index in [1.165, 1.54) is 16.7 Å². The minimum atomic E-state index is -1.00. The maximum absolute atomic E-state index is 11.9. The van der Waals surface area contributed by atoms with E-state index in [-0.39, 0.29) is 25.7 Å². The summed E-state index contributed by atoms with van der Waals surface area (Å²) >= 11 is 0.